The lowest BCUT2D eigenvalue weighted by Crippen LogP contribution is -2.44. The molecule has 2 heterocycles. The Kier molecular flexibility index (Phi) is 1.42. The quantitative estimate of drug-likeness (QED) is 0.543. The van der Waals surface area contributed by atoms with E-state index in [9.17, 15) is 5.11 Å². The zero-order valence-corrected chi connectivity index (χ0v) is 7.77. The van der Waals surface area contributed by atoms with Gasteiger partial charge in [0.05, 0.1) is 12.2 Å². The van der Waals surface area contributed by atoms with E-state index in [0.717, 1.165) is 6.42 Å². The van der Waals surface area contributed by atoms with E-state index < -0.39 is 11.9 Å². The van der Waals surface area contributed by atoms with E-state index >= 15 is 0 Å². The molecule has 5 atom stereocenters. The Morgan fingerprint density at radius 1 is 1.15 bits per heavy atom. The van der Waals surface area contributed by atoms with E-state index in [1.54, 1.807) is 0 Å². The van der Waals surface area contributed by atoms with E-state index in [-0.39, 0.29) is 24.4 Å². The summed E-state index contributed by atoms with van der Waals surface area (Å²) in [6.07, 6.45) is 0.362. The molecule has 4 nitrogen and oxygen atoms in total. The standard InChI is InChI=1S/C9H14O4/c1-9(2)12-5-3-4-7(11-4)6(10)8(5)13-9/h4-8,10H,3H2,1-2H3. The lowest BCUT2D eigenvalue weighted by Gasteiger charge is -2.23. The highest BCUT2D eigenvalue weighted by Gasteiger charge is 2.60. The largest absolute Gasteiger partial charge is 0.387 e. The van der Waals surface area contributed by atoms with E-state index in [0.29, 0.717) is 0 Å². The summed E-state index contributed by atoms with van der Waals surface area (Å²) in [5.74, 6) is -0.549. The highest BCUT2D eigenvalue weighted by Crippen LogP contribution is 2.44. The lowest BCUT2D eigenvalue weighted by atomic mass is 9.92. The van der Waals surface area contributed by atoms with Gasteiger partial charge in [0.15, 0.2) is 5.79 Å². The van der Waals surface area contributed by atoms with E-state index in [2.05, 4.69) is 0 Å². The molecule has 74 valence electrons. The number of fused-ring (bicyclic) bond motifs is 2. The van der Waals surface area contributed by atoms with Crippen LogP contribution in [0.15, 0.2) is 0 Å². The van der Waals surface area contributed by atoms with Crippen molar-refractivity contribution >= 4 is 0 Å². The van der Waals surface area contributed by atoms with Crippen LogP contribution in [0.1, 0.15) is 20.3 Å². The first-order chi connectivity index (χ1) is 6.07. The van der Waals surface area contributed by atoms with Gasteiger partial charge in [-0.3, -0.25) is 0 Å². The Balaban J connectivity index is 1.82. The number of aliphatic hydroxyl groups is 1. The maximum Gasteiger partial charge on any atom is 0.163 e. The molecule has 3 rings (SSSR count). The number of hydrogen-bond acceptors (Lipinski definition) is 4. The Morgan fingerprint density at radius 2 is 1.92 bits per heavy atom. The molecule has 4 heteroatoms. The van der Waals surface area contributed by atoms with Crippen molar-refractivity contribution in [2.75, 3.05) is 0 Å². The van der Waals surface area contributed by atoms with Gasteiger partial charge >= 0.3 is 0 Å². The SMILES string of the molecule is CC1(C)OC2CC3OC3C(O)C2O1. The highest BCUT2D eigenvalue weighted by atomic mass is 16.8. The second kappa shape index (κ2) is 2.25. The molecule has 0 aromatic heterocycles. The molecule has 0 spiro atoms. The van der Waals surface area contributed by atoms with Gasteiger partial charge in [0.25, 0.3) is 0 Å². The molecule has 0 radical (unpaired) electrons. The third kappa shape index (κ3) is 1.13. The van der Waals surface area contributed by atoms with Crippen LogP contribution in [0.3, 0.4) is 0 Å². The first-order valence-electron chi connectivity index (χ1n) is 4.76. The number of ether oxygens (including phenoxy) is 3. The zero-order valence-electron chi connectivity index (χ0n) is 7.77. The highest BCUT2D eigenvalue weighted by molar-refractivity contribution is 5.06. The summed E-state index contributed by atoms with van der Waals surface area (Å²) < 4.78 is 16.6. The van der Waals surface area contributed by atoms with Crippen molar-refractivity contribution in [2.45, 2.75) is 56.6 Å². The molecule has 0 bridgehead atoms. The third-order valence-electron chi connectivity index (χ3n) is 2.98. The van der Waals surface area contributed by atoms with Crippen LogP contribution in [-0.4, -0.2) is 41.4 Å². The van der Waals surface area contributed by atoms with Gasteiger partial charge in [-0.15, -0.1) is 0 Å². The van der Waals surface area contributed by atoms with Crippen molar-refractivity contribution < 1.29 is 19.3 Å². The molecule has 1 saturated carbocycles. The number of hydrogen-bond donors (Lipinski definition) is 1. The Bertz CT molecular complexity index is 240. The maximum absolute atomic E-state index is 9.79. The van der Waals surface area contributed by atoms with Crippen LogP contribution in [0.25, 0.3) is 0 Å². The molecule has 1 N–H and O–H groups in total. The molecule has 2 aliphatic heterocycles. The molecule has 0 aromatic carbocycles. The molecule has 13 heavy (non-hydrogen) atoms. The van der Waals surface area contributed by atoms with Crippen molar-refractivity contribution in [1.29, 1.82) is 0 Å². The molecule has 0 aromatic rings. The fraction of sp³-hybridized carbons (Fsp3) is 1.00. The van der Waals surface area contributed by atoms with Crippen LogP contribution < -0.4 is 0 Å². The van der Waals surface area contributed by atoms with Gasteiger partial charge in [-0.1, -0.05) is 0 Å². The van der Waals surface area contributed by atoms with Crippen molar-refractivity contribution in [3.8, 4) is 0 Å². The minimum absolute atomic E-state index is 0.00116. The first-order valence-corrected chi connectivity index (χ1v) is 4.76. The fourth-order valence-corrected chi connectivity index (χ4v) is 2.40. The monoisotopic (exact) mass is 186 g/mol. The van der Waals surface area contributed by atoms with Gasteiger partial charge in [0.2, 0.25) is 0 Å². The van der Waals surface area contributed by atoms with E-state index in [4.69, 9.17) is 14.2 Å². The number of rotatable bonds is 0. The predicted octanol–water partition coefficient (Wildman–Crippen LogP) is 0.0385. The van der Waals surface area contributed by atoms with Gasteiger partial charge in [-0.2, -0.15) is 0 Å². The molecular weight excluding hydrogens is 172 g/mol. The average molecular weight is 186 g/mol. The molecule has 0 amide bonds. The molecule has 1 aliphatic carbocycles. The zero-order chi connectivity index (χ0) is 9.22. The van der Waals surface area contributed by atoms with Crippen LogP contribution in [-0.2, 0) is 14.2 Å². The topological polar surface area (TPSA) is 51.2 Å². The van der Waals surface area contributed by atoms with Crippen LogP contribution in [0.4, 0.5) is 0 Å². The normalized spacial score (nSPS) is 57.0. The third-order valence-corrected chi connectivity index (χ3v) is 2.98. The van der Waals surface area contributed by atoms with Crippen molar-refractivity contribution in [1.82, 2.24) is 0 Å². The lowest BCUT2D eigenvalue weighted by molar-refractivity contribution is -0.155. The minimum Gasteiger partial charge on any atom is -0.387 e. The predicted molar refractivity (Wildman–Crippen MR) is 43.1 cm³/mol. The van der Waals surface area contributed by atoms with Gasteiger partial charge in [-0.05, 0) is 13.8 Å². The first kappa shape index (κ1) is 8.17. The fourth-order valence-electron chi connectivity index (χ4n) is 2.40. The van der Waals surface area contributed by atoms with Gasteiger partial charge < -0.3 is 19.3 Å². The summed E-state index contributed by atoms with van der Waals surface area (Å²) >= 11 is 0. The summed E-state index contributed by atoms with van der Waals surface area (Å²) in [5, 5.41) is 9.79. The van der Waals surface area contributed by atoms with Gasteiger partial charge in [0, 0.05) is 6.42 Å². The van der Waals surface area contributed by atoms with Crippen LogP contribution in [0.2, 0.25) is 0 Å². The average Bonchev–Trinajstić information content (AvgIpc) is 2.69. The second-order valence-electron chi connectivity index (χ2n) is 4.50. The van der Waals surface area contributed by atoms with Crippen LogP contribution >= 0.6 is 0 Å². The smallest absolute Gasteiger partial charge is 0.163 e. The van der Waals surface area contributed by atoms with Crippen LogP contribution in [0, 0.1) is 0 Å². The van der Waals surface area contributed by atoms with Crippen molar-refractivity contribution in [3.63, 3.8) is 0 Å². The summed E-state index contributed by atoms with van der Waals surface area (Å²) in [5.41, 5.74) is 0. The molecule has 3 fully saturated rings. The second-order valence-corrected chi connectivity index (χ2v) is 4.50. The summed E-state index contributed by atoms with van der Waals surface area (Å²) in [4.78, 5) is 0. The summed E-state index contributed by atoms with van der Waals surface area (Å²) in [7, 11) is 0. The van der Waals surface area contributed by atoms with Gasteiger partial charge in [-0.25, -0.2) is 0 Å². The molecular formula is C9H14O4. The number of aliphatic hydroxyl groups excluding tert-OH is 1. The van der Waals surface area contributed by atoms with Crippen molar-refractivity contribution in [3.05, 3.63) is 0 Å². The Labute approximate surface area is 76.8 Å². The minimum atomic E-state index is -0.549. The van der Waals surface area contributed by atoms with Crippen molar-refractivity contribution in [2.24, 2.45) is 0 Å². The molecule has 3 aliphatic rings. The Hall–Kier alpha value is -0.160. The molecule has 5 unspecified atom stereocenters. The van der Waals surface area contributed by atoms with E-state index in [1.807, 2.05) is 13.8 Å². The van der Waals surface area contributed by atoms with Crippen LogP contribution in [0.5, 0.6) is 0 Å². The summed E-state index contributed by atoms with van der Waals surface area (Å²) in [6.45, 7) is 3.76. The van der Waals surface area contributed by atoms with E-state index in [1.165, 1.54) is 0 Å². The number of epoxide rings is 1. The maximum atomic E-state index is 9.79. The molecule has 2 saturated heterocycles. The Morgan fingerprint density at radius 3 is 2.69 bits per heavy atom. The summed E-state index contributed by atoms with van der Waals surface area (Å²) in [6, 6.07) is 0. The van der Waals surface area contributed by atoms with Gasteiger partial charge in [0.1, 0.15) is 18.3 Å².